The van der Waals surface area contributed by atoms with E-state index in [1.165, 1.54) is 0 Å². The highest BCUT2D eigenvalue weighted by atomic mass is 32.1. The van der Waals surface area contributed by atoms with Gasteiger partial charge in [-0.05, 0) is 12.1 Å². The molecule has 3 heteroatoms. The summed E-state index contributed by atoms with van der Waals surface area (Å²) in [6, 6.07) is 7.69. The van der Waals surface area contributed by atoms with Gasteiger partial charge in [-0.2, -0.15) is 12.6 Å². The Morgan fingerprint density at radius 1 is 1.25 bits per heavy atom. The zero-order chi connectivity index (χ0) is 12.2. The summed E-state index contributed by atoms with van der Waals surface area (Å²) >= 11 is 4.12. The Hall–Kier alpha value is -0.960. The van der Waals surface area contributed by atoms with E-state index in [1.807, 2.05) is 24.3 Å². The van der Waals surface area contributed by atoms with Crippen molar-refractivity contribution in [1.82, 2.24) is 0 Å². The van der Waals surface area contributed by atoms with E-state index in [2.05, 4.69) is 33.4 Å². The number of rotatable bonds is 0. The molecule has 0 radical (unpaired) electrons. The topological polar surface area (TPSA) is 33.1 Å². The molecule has 1 heterocycles. The van der Waals surface area contributed by atoms with Gasteiger partial charge in [0.15, 0.2) is 0 Å². The maximum absolute atomic E-state index is 7.59. The van der Waals surface area contributed by atoms with Crippen molar-refractivity contribution >= 4 is 18.3 Å². The second-order valence-corrected chi connectivity index (χ2v) is 6.09. The summed E-state index contributed by atoms with van der Waals surface area (Å²) in [7, 11) is 0. The molecule has 1 aromatic rings. The molecule has 0 saturated heterocycles. The monoisotopic (exact) mass is 237 g/mol. The van der Waals surface area contributed by atoms with Gasteiger partial charge in [0.1, 0.15) is 5.75 Å². The molecular weight excluding hydrogens is 218 g/mol. The van der Waals surface area contributed by atoms with Crippen LogP contribution in [0.4, 0.5) is 0 Å². The highest BCUT2D eigenvalue weighted by Gasteiger charge is 2.13. The zero-order valence-corrected chi connectivity index (χ0v) is 11.0. The molecule has 1 aliphatic rings. The summed E-state index contributed by atoms with van der Waals surface area (Å²) in [4.78, 5) is 0. The van der Waals surface area contributed by atoms with Crippen molar-refractivity contribution in [3.63, 3.8) is 0 Å². The molecule has 2 rings (SSSR count). The summed E-state index contributed by atoms with van der Waals surface area (Å²) in [5.41, 5.74) is 1.63. The molecule has 0 unspecified atom stereocenters. The van der Waals surface area contributed by atoms with Gasteiger partial charge in [0.2, 0.25) is 0 Å². The Bertz CT molecular complexity index is 362. The van der Waals surface area contributed by atoms with Crippen LogP contribution in [0.5, 0.6) is 5.75 Å². The van der Waals surface area contributed by atoms with Crippen LogP contribution in [0.15, 0.2) is 24.3 Å². The van der Waals surface area contributed by atoms with Crippen LogP contribution in [0.2, 0.25) is 0 Å². The molecular formula is C13H19NOS. The third kappa shape index (κ3) is 4.71. The average Bonchev–Trinajstić information content (AvgIpc) is 2.16. The van der Waals surface area contributed by atoms with Crippen LogP contribution >= 0.6 is 12.6 Å². The first-order valence-corrected chi connectivity index (χ1v) is 5.84. The van der Waals surface area contributed by atoms with Crippen LogP contribution in [0, 0.1) is 5.41 Å². The normalized spacial score (nSPS) is 14.4. The minimum absolute atomic E-state index is 0.194. The van der Waals surface area contributed by atoms with E-state index in [0.29, 0.717) is 12.3 Å². The molecule has 0 aromatic heterocycles. The van der Waals surface area contributed by atoms with E-state index >= 15 is 0 Å². The predicted octanol–water partition coefficient (Wildman–Crippen LogP) is 3.55. The van der Waals surface area contributed by atoms with Crippen molar-refractivity contribution in [3.05, 3.63) is 29.8 Å². The largest absolute Gasteiger partial charge is 0.492 e. The molecule has 0 saturated carbocycles. The first-order valence-electron chi connectivity index (χ1n) is 5.40. The minimum atomic E-state index is 0.194. The number of nitrogens with one attached hydrogen (secondary N) is 1. The van der Waals surface area contributed by atoms with Crippen molar-refractivity contribution in [2.24, 2.45) is 0 Å². The number of benzene rings is 1. The molecule has 1 aliphatic heterocycles. The smallest absolute Gasteiger partial charge is 0.128 e. The maximum atomic E-state index is 7.59. The fraction of sp³-hybridized carbons (Fsp3) is 0.462. The van der Waals surface area contributed by atoms with Gasteiger partial charge >= 0.3 is 0 Å². The lowest BCUT2D eigenvalue weighted by Crippen LogP contribution is -2.14. The molecule has 0 amide bonds. The second kappa shape index (κ2) is 5.39. The van der Waals surface area contributed by atoms with Gasteiger partial charge < -0.3 is 10.1 Å². The Labute approximate surface area is 103 Å². The fourth-order valence-electron chi connectivity index (χ4n) is 1.24. The molecule has 1 N–H and O–H groups in total. The molecule has 88 valence electrons. The number of hydrogen-bond acceptors (Lipinski definition) is 3. The van der Waals surface area contributed by atoms with Crippen LogP contribution in [0.3, 0.4) is 0 Å². The summed E-state index contributed by atoms with van der Waals surface area (Å²) in [6.45, 7) is 6.80. The third-order valence-electron chi connectivity index (χ3n) is 1.82. The number of thiol groups is 1. The Kier molecular flexibility index (Phi) is 4.42. The summed E-state index contributed by atoms with van der Waals surface area (Å²) < 4.78 is 5.55. The van der Waals surface area contributed by atoms with Crippen molar-refractivity contribution in [2.75, 3.05) is 6.61 Å². The van der Waals surface area contributed by atoms with Crippen LogP contribution in [-0.4, -0.2) is 17.1 Å². The quantitative estimate of drug-likeness (QED) is 0.665. The van der Waals surface area contributed by atoms with E-state index in [0.717, 1.165) is 17.7 Å². The summed E-state index contributed by atoms with van der Waals surface area (Å²) in [6.07, 6.45) is 0.733. The lowest BCUT2D eigenvalue weighted by molar-refractivity contribution is 0.320. The van der Waals surface area contributed by atoms with Gasteiger partial charge in [-0.3, -0.25) is 0 Å². The van der Waals surface area contributed by atoms with Gasteiger partial charge in [-0.15, -0.1) is 0 Å². The van der Waals surface area contributed by atoms with Gasteiger partial charge in [0, 0.05) is 22.4 Å². The summed E-state index contributed by atoms with van der Waals surface area (Å²) in [5.74, 6) is 0.851. The van der Waals surface area contributed by atoms with E-state index in [9.17, 15) is 0 Å². The standard InChI is InChI=1S/C9H9NO.C4H10S/c10-8-5-6-11-9-4-2-1-3-7(8)9;1-4(2,3)5/h1-4,10H,5-6H2;5H,1-3H3. The molecule has 0 aliphatic carbocycles. The Balaban J connectivity index is 0.000000221. The van der Waals surface area contributed by atoms with Gasteiger partial charge in [-0.1, -0.05) is 32.9 Å². The number of hydrogen-bond donors (Lipinski definition) is 2. The van der Waals surface area contributed by atoms with E-state index in [-0.39, 0.29) is 4.75 Å². The first-order chi connectivity index (χ1) is 7.38. The van der Waals surface area contributed by atoms with Gasteiger partial charge in [0.25, 0.3) is 0 Å². The number of fused-ring (bicyclic) bond motifs is 1. The maximum Gasteiger partial charge on any atom is 0.128 e. The Morgan fingerprint density at radius 3 is 2.38 bits per heavy atom. The lowest BCUT2D eigenvalue weighted by atomic mass is 10.0. The average molecular weight is 237 g/mol. The molecule has 2 nitrogen and oxygen atoms in total. The van der Waals surface area contributed by atoms with Crippen LogP contribution in [-0.2, 0) is 0 Å². The number of para-hydroxylation sites is 1. The van der Waals surface area contributed by atoms with E-state index in [1.54, 1.807) is 0 Å². The van der Waals surface area contributed by atoms with Crippen LogP contribution in [0.1, 0.15) is 32.8 Å². The van der Waals surface area contributed by atoms with Crippen molar-refractivity contribution in [3.8, 4) is 5.75 Å². The van der Waals surface area contributed by atoms with E-state index < -0.39 is 0 Å². The van der Waals surface area contributed by atoms with E-state index in [4.69, 9.17) is 10.1 Å². The fourth-order valence-corrected chi connectivity index (χ4v) is 1.24. The molecule has 0 atom stereocenters. The van der Waals surface area contributed by atoms with Crippen molar-refractivity contribution in [1.29, 1.82) is 5.41 Å². The molecule has 0 spiro atoms. The van der Waals surface area contributed by atoms with Crippen molar-refractivity contribution in [2.45, 2.75) is 31.9 Å². The van der Waals surface area contributed by atoms with Crippen molar-refractivity contribution < 1.29 is 4.74 Å². The summed E-state index contributed by atoms with van der Waals surface area (Å²) in [5, 5.41) is 7.59. The second-order valence-electron chi connectivity index (χ2n) is 4.74. The van der Waals surface area contributed by atoms with Gasteiger partial charge in [-0.25, -0.2) is 0 Å². The highest BCUT2D eigenvalue weighted by Crippen LogP contribution is 2.23. The SMILES string of the molecule is CC(C)(C)S.N=C1CCOc2ccccc21. The number of ether oxygens (including phenoxy) is 1. The lowest BCUT2D eigenvalue weighted by Gasteiger charge is -2.16. The van der Waals surface area contributed by atoms with Crippen LogP contribution < -0.4 is 4.74 Å². The van der Waals surface area contributed by atoms with Gasteiger partial charge in [0.05, 0.1) is 6.61 Å². The zero-order valence-electron chi connectivity index (χ0n) is 10.1. The molecule has 16 heavy (non-hydrogen) atoms. The molecule has 1 aromatic carbocycles. The third-order valence-corrected chi connectivity index (χ3v) is 1.82. The molecule has 0 fully saturated rings. The minimum Gasteiger partial charge on any atom is -0.492 e. The first kappa shape index (κ1) is 13.1. The molecule has 0 bridgehead atoms. The van der Waals surface area contributed by atoms with Crippen LogP contribution in [0.25, 0.3) is 0 Å². The Morgan fingerprint density at radius 2 is 1.81 bits per heavy atom. The highest BCUT2D eigenvalue weighted by molar-refractivity contribution is 7.81. The predicted molar refractivity (Wildman–Crippen MR) is 72.1 cm³/mol.